The molecule has 0 radical (unpaired) electrons. The molecule has 1 aliphatic rings. The van der Waals surface area contributed by atoms with Crippen LogP contribution in [-0.2, 0) is 13.5 Å². The van der Waals surface area contributed by atoms with Crippen LogP contribution in [0.2, 0.25) is 0 Å². The Morgan fingerprint density at radius 3 is 3.13 bits per heavy atom. The van der Waals surface area contributed by atoms with Crippen molar-refractivity contribution in [2.24, 2.45) is 7.05 Å². The Labute approximate surface area is 91.3 Å². The first kappa shape index (κ1) is 10.6. The van der Waals surface area contributed by atoms with Gasteiger partial charge in [-0.05, 0) is 26.1 Å². The highest BCUT2D eigenvalue weighted by atomic mass is 15.3. The number of hydrogen-bond donors (Lipinski definition) is 1. The Morgan fingerprint density at radius 2 is 2.53 bits per heavy atom. The number of nitrogens with zero attached hydrogens (tertiary/aromatic N) is 3. The summed E-state index contributed by atoms with van der Waals surface area (Å²) in [7, 11) is 4.22. The quantitative estimate of drug-likeness (QED) is 0.770. The fourth-order valence-corrected chi connectivity index (χ4v) is 2.14. The van der Waals surface area contributed by atoms with Crippen LogP contribution in [0.15, 0.2) is 12.3 Å². The van der Waals surface area contributed by atoms with Crippen LogP contribution in [0.4, 0.5) is 0 Å². The molecule has 15 heavy (non-hydrogen) atoms. The van der Waals surface area contributed by atoms with E-state index in [1.807, 2.05) is 17.9 Å². The van der Waals surface area contributed by atoms with Gasteiger partial charge in [0, 0.05) is 44.5 Å². The molecule has 1 fully saturated rings. The van der Waals surface area contributed by atoms with E-state index in [4.69, 9.17) is 0 Å². The first-order valence-corrected chi connectivity index (χ1v) is 5.65. The lowest BCUT2D eigenvalue weighted by atomic mass is 10.2. The summed E-state index contributed by atoms with van der Waals surface area (Å²) in [5.74, 6) is 0. The van der Waals surface area contributed by atoms with Crippen LogP contribution in [0.3, 0.4) is 0 Å². The molecule has 2 heterocycles. The molecule has 1 aromatic rings. The average molecular weight is 208 g/mol. The minimum Gasteiger partial charge on any atom is -0.315 e. The second kappa shape index (κ2) is 4.77. The highest BCUT2D eigenvalue weighted by Gasteiger charge is 2.18. The lowest BCUT2D eigenvalue weighted by Gasteiger charge is -2.23. The van der Waals surface area contributed by atoms with Crippen molar-refractivity contribution in [3.8, 4) is 0 Å². The van der Waals surface area contributed by atoms with Crippen molar-refractivity contribution in [1.82, 2.24) is 20.0 Å². The molecule has 84 valence electrons. The second-order valence-corrected chi connectivity index (χ2v) is 4.32. The van der Waals surface area contributed by atoms with Gasteiger partial charge in [-0.3, -0.25) is 4.68 Å². The third-order valence-corrected chi connectivity index (χ3v) is 3.30. The van der Waals surface area contributed by atoms with Gasteiger partial charge in [0.15, 0.2) is 0 Å². The summed E-state index contributed by atoms with van der Waals surface area (Å²) in [4.78, 5) is 2.45. The number of aromatic nitrogens is 2. The van der Waals surface area contributed by atoms with Gasteiger partial charge in [-0.1, -0.05) is 0 Å². The molecule has 1 aromatic heterocycles. The van der Waals surface area contributed by atoms with Crippen LogP contribution in [0.25, 0.3) is 0 Å². The zero-order valence-corrected chi connectivity index (χ0v) is 9.61. The molecule has 0 aromatic carbocycles. The Balaban J connectivity index is 1.80. The van der Waals surface area contributed by atoms with Crippen molar-refractivity contribution >= 4 is 0 Å². The second-order valence-electron chi connectivity index (χ2n) is 4.32. The normalized spacial score (nSPS) is 21.4. The lowest BCUT2D eigenvalue weighted by Crippen LogP contribution is -2.35. The number of rotatable bonds is 4. The first-order valence-electron chi connectivity index (χ1n) is 5.65. The van der Waals surface area contributed by atoms with Crippen molar-refractivity contribution in [1.29, 1.82) is 0 Å². The molecule has 0 aliphatic carbocycles. The molecule has 1 N–H and O–H groups in total. The molecule has 0 bridgehead atoms. The Bertz CT molecular complexity index is 301. The van der Waals surface area contributed by atoms with Gasteiger partial charge in [-0.15, -0.1) is 0 Å². The molecular weight excluding hydrogens is 188 g/mol. The maximum atomic E-state index is 4.18. The van der Waals surface area contributed by atoms with Crippen molar-refractivity contribution in [2.45, 2.75) is 18.9 Å². The average Bonchev–Trinajstić information content (AvgIpc) is 2.85. The van der Waals surface area contributed by atoms with Crippen LogP contribution in [0.5, 0.6) is 0 Å². The monoisotopic (exact) mass is 208 g/mol. The minimum atomic E-state index is 0.721. The van der Waals surface area contributed by atoms with Crippen LogP contribution < -0.4 is 5.32 Å². The summed E-state index contributed by atoms with van der Waals surface area (Å²) >= 11 is 0. The smallest absolute Gasteiger partial charge is 0.0492 e. The van der Waals surface area contributed by atoms with Crippen molar-refractivity contribution in [3.63, 3.8) is 0 Å². The maximum absolute atomic E-state index is 4.18. The van der Waals surface area contributed by atoms with Gasteiger partial charge in [-0.2, -0.15) is 5.10 Å². The van der Waals surface area contributed by atoms with Gasteiger partial charge in [-0.25, -0.2) is 0 Å². The molecule has 0 spiro atoms. The Hall–Kier alpha value is -0.870. The lowest BCUT2D eigenvalue weighted by molar-refractivity contribution is 0.258. The molecule has 4 nitrogen and oxygen atoms in total. The van der Waals surface area contributed by atoms with E-state index in [0.29, 0.717) is 0 Å². The minimum absolute atomic E-state index is 0.721. The number of likely N-dealkylation sites (N-methyl/N-ethyl adjacent to an activating group) is 1. The van der Waals surface area contributed by atoms with E-state index in [0.717, 1.165) is 25.6 Å². The van der Waals surface area contributed by atoms with Crippen LogP contribution in [0, 0.1) is 0 Å². The van der Waals surface area contributed by atoms with Gasteiger partial charge in [0.25, 0.3) is 0 Å². The molecule has 4 heteroatoms. The third-order valence-electron chi connectivity index (χ3n) is 3.30. The topological polar surface area (TPSA) is 33.1 Å². The first-order chi connectivity index (χ1) is 7.27. The fraction of sp³-hybridized carbons (Fsp3) is 0.727. The SMILES string of the molecule is CN(CCc1ccnn1C)C1CCNC1. The molecular formula is C11H20N4. The van der Waals surface area contributed by atoms with E-state index >= 15 is 0 Å². The summed E-state index contributed by atoms with van der Waals surface area (Å²) in [5.41, 5.74) is 1.31. The van der Waals surface area contributed by atoms with Crippen LogP contribution in [-0.4, -0.2) is 47.4 Å². The van der Waals surface area contributed by atoms with E-state index in [1.54, 1.807) is 0 Å². The van der Waals surface area contributed by atoms with Crippen molar-refractivity contribution in [2.75, 3.05) is 26.7 Å². The molecule has 0 amide bonds. The Kier molecular flexibility index (Phi) is 3.38. The zero-order valence-electron chi connectivity index (χ0n) is 9.61. The summed E-state index contributed by atoms with van der Waals surface area (Å²) in [6.07, 6.45) is 4.23. The van der Waals surface area contributed by atoms with Gasteiger partial charge >= 0.3 is 0 Å². The number of hydrogen-bond acceptors (Lipinski definition) is 3. The molecule has 1 saturated heterocycles. The van der Waals surface area contributed by atoms with E-state index in [9.17, 15) is 0 Å². The molecule has 1 unspecified atom stereocenters. The predicted octanol–water partition coefficient (Wildman–Crippen LogP) is 0.256. The van der Waals surface area contributed by atoms with E-state index in [2.05, 4.69) is 28.4 Å². The fourth-order valence-electron chi connectivity index (χ4n) is 2.14. The summed E-state index contributed by atoms with van der Waals surface area (Å²) in [6.45, 7) is 3.43. The molecule has 1 aliphatic heterocycles. The van der Waals surface area contributed by atoms with Gasteiger partial charge in [0.1, 0.15) is 0 Å². The Morgan fingerprint density at radius 1 is 1.67 bits per heavy atom. The van der Waals surface area contributed by atoms with Gasteiger partial charge < -0.3 is 10.2 Å². The van der Waals surface area contributed by atoms with E-state index in [-0.39, 0.29) is 0 Å². The molecule has 0 saturated carbocycles. The number of aryl methyl sites for hydroxylation is 1. The predicted molar refractivity (Wildman–Crippen MR) is 60.8 cm³/mol. The largest absolute Gasteiger partial charge is 0.315 e. The number of nitrogens with one attached hydrogen (secondary N) is 1. The van der Waals surface area contributed by atoms with Crippen LogP contribution >= 0.6 is 0 Å². The third kappa shape index (κ3) is 2.58. The summed E-state index contributed by atoms with van der Waals surface area (Å²) in [6, 6.07) is 2.82. The van der Waals surface area contributed by atoms with Gasteiger partial charge in [0.05, 0.1) is 0 Å². The van der Waals surface area contributed by atoms with Crippen molar-refractivity contribution in [3.05, 3.63) is 18.0 Å². The van der Waals surface area contributed by atoms with Gasteiger partial charge in [0.2, 0.25) is 0 Å². The van der Waals surface area contributed by atoms with E-state index in [1.165, 1.54) is 18.7 Å². The standard InChI is InChI=1S/C11H20N4/c1-14(11-3-6-12-9-11)8-5-10-4-7-13-15(10)2/h4,7,11-12H,3,5-6,8-9H2,1-2H3. The van der Waals surface area contributed by atoms with E-state index < -0.39 is 0 Å². The highest BCUT2D eigenvalue weighted by Crippen LogP contribution is 2.07. The molecule has 2 rings (SSSR count). The maximum Gasteiger partial charge on any atom is 0.0492 e. The summed E-state index contributed by atoms with van der Waals surface area (Å²) in [5, 5.41) is 7.58. The summed E-state index contributed by atoms with van der Waals surface area (Å²) < 4.78 is 1.96. The van der Waals surface area contributed by atoms with Crippen molar-refractivity contribution < 1.29 is 0 Å². The zero-order chi connectivity index (χ0) is 10.7. The molecule has 1 atom stereocenters. The van der Waals surface area contributed by atoms with Crippen LogP contribution in [0.1, 0.15) is 12.1 Å². The highest BCUT2D eigenvalue weighted by molar-refractivity contribution is 5.00.